The number of nitrogens with zero attached hydrogens (tertiary/aromatic N) is 3. The number of ether oxygens (including phenoxy) is 2. The molecule has 0 radical (unpaired) electrons. The summed E-state index contributed by atoms with van der Waals surface area (Å²) in [7, 11) is 1.90. The first-order chi connectivity index (χ1) is 11.7. The Balaban J connectivity index is 1.71. The van der Waals surface area contributed by atoms with E-state index in [-0.39, 0.29) is 6.10 Å². The molecule has 0 amide bonds. The second-order valence-corrected chi connectivity index (χ2v) is 6.09. The summed E-state index contributed by atoms with van der Waals surface area (Å²) in [5.41, 5.74) is 7.85. The van der Waals surface area contributed by atoms with Crippen LogP contribution in [0.15, 0.2) is 36.7 Å². The van der Waals surface area contributed by atoms with E-state index in [1.54, 1.807) is 10.9 Å². The lowest BCUT2D eigenvalue weighted by Crippen LogP contribution is -2.26. The van der Waals surface area contributed by atoms with Crippen molar-refractivity contribution in [3.8, 4) is 17.0 Å². The Morgan fingerprint density at radius 2 is 2.00 bits per heavy atom. The third kappa shape index (κ3) is 2.80. The minimum Gasteiger partial charge on any atom is -0.474 e. The van der Waals surface area contributed by atoms with Gasteiger partial charge in [-0.05, 0) is 23.1 Å². The fourth-order valence-corrected chi connectivity index (χ4v) is 3.04. The van der Waals surface area contributed by atoms with E-state index in [2.05, 4.69) is 22.2 Å². The number of nitrogen functional groups attached to an aromatic ring is 1. The van der Waals surface area contributed by atoms with Gasteiger partial charge in [-0.25, -0.2) is 9.67 Å². The van der Waals surface area contributed by atoms with Gasteiger partial charge in [-0.1, -0.05) is 12.1 Å². The summed E-state index contributed by atoms with van der Waals surface area (Å²) in [6, 6.07) is 8.09. The largest absolute Gasteiger partial charge is 0.474 e. The zero-order valence-corrected chi connectivity index (χ0v) is 13.6. The van der Waals surface area contributed by atoms with Crippen molar-refractivity contribution < 1.29 is 9.47 Å². The highest BCUT2D eigenvalue weighted by atomic mass is 16.5. The molecular weight excluding hydrogens is 304 g/mol. The van der Waals surface area contributed by atoms with Crippen LogP contribution in [0, 0.1) is 0 Å². The molecule has 1 aromatic carbocycles. The molecule has 2 N–H and O–H groups in total. The van der Waals surface area contributed by atoms with E-state index in [4.69, 9.17) is 15.2 Å². The number of pyridine rings is 1. The standard InChI is InChI=1S/C18H20N4O2/c1-22-18(24-15-4-6-23-7-5-15)16(11-21-22)12-2-3-13-10-20-17(19)9-14(13)8-12/h2-3,8-11,15H,4-7H2,1H3,(H2,19,20). The summed E-state index contributed by atoms with van der Waals surface area (Å²) in [6.07, 6.45) is 5.63. The van der Waals surface area contributed by atoms with Crippen LogP contribution < -0.4 is 10.5 Å². The number of hydrogen-bond acceptors (Lipinski definition) is 5. The monoisotopic (exact) mass is 324 g/mol. The molecular formula is C18H20N4O2. The van der Waals surface area contributed by atoms with Gasteiger partial charge in [-0.2, -0.15) is 5.10 Å². The topological polar surface area (TPSA) is 75.2 Å². The van der Waals surface area contributed by atoms with E-state index in [0.29, 0.717) is 5.82 Å². The maximum Gasteiger partial charge on any atom is 0.219 e. The molecule has 1 fully saturated rings. The number of nitrogens with two attached hydrogens (primary N) is 1. The average molecular weight is 324 g/mol. The first-order valence-electron chi connectivity index (χ1n) is 8.13. The van der Waals surface area contributed by atoms with E-state index in [9.17, 15) is 0 Å². The van der Waals surface area contributed by atoms with Crippen LogP contribution in [0.5, 0.6) is 5.88 Å². The molecule has 0 unspecified atom stereocenters. The summed E-state index contributed by atoms with van der Waals surface area (Å²) in [5.74, 6) is 1.31. The number of benzene rings is 1. The number of rotatable bonds is 3. The SMILES string of the molecule is Cn1ncc(-c2ccc3cnc(N)cc3c2)c1OC1CCOCC1. The zero-order chi connectivity index (χ0) is 16.5. The van der Waals surface area contributed by atoms with Crippen molar-refractivity contribution in [3.05, 3.63) is 36.7 Å². The Bertz CT molecular complexity index is 869. The second kappa shape index (κ2) is 6.13. The predicted octanol–water partition coefficient (Wildman–Crippen LogP) is 2.78. The molecule has 4 rings (SSSR count). The molecule has 124 valence electrons. The fourth-order valence-electron chi connectivity index (χ4n) is 3.04. The molecule has 0 bridgehead atoms. The molecule has 24 heavy (non-hydrogen) atoms. The van der Waals surface area contributed by atoms with E-state index in [1.807, 2.05) is 25.4 Å². The fraction of sp³-hybridized carbons (Fsp3) is 0.333. The van der Waals surface area contributed by atoms with Gasteiger partial charge < -0.3 is 15.2 Å². The molecule has 6 nitrogen and oxygen atoms in total. The van der Waals surface area contributed by atoms with Crippen LogP contribution in [-0.2, 0) is 11.8 Å². The molecule has 0 aliphatic carbocycles. The first-order valence-corrected chi connectivity index (χ1v) is 8.13. The molecule has 0 atom stereocenters. The minimum absolute atomic E-state index is 0.174. The zero-order valence-electron chi connectivity index (χ0n) is 13.6. The quantitative estimate of drug-likeness (QED) is 0.802. The Labute approximate surface area is 140 Å². The third-order valence-electron chi connectivity index (χ3n) is 4.38. The van der Waals surface area contributed by atoms with Crippen molar-refractivity contribution in [2.24, 2.45) is 7.05 Å². The summed E-state index contributed by atoms with van der Waals surface area (Å²) in [4.78, 5) is 4.13. The van der Waals surface area contributed by atoms with Gasteiger partial charge in [0.1, 0.15) is 11.9 Å². The van der Waals surface area contributed by atoms with Crippen molar-refractivity contribution in [1.29, 1.82) is 0 Å². The lowest BCUT2D eigenvalue weighted by molar-refractivity contribution is 0.0223. The number of anilines is 1. The van der Waals surface area contributed by atoms with Crippen molar-refractivity contribution >= 4 is 16.6 Å². The van der Waals surface area contributed by atoms with Gasteiger partial charge in [0.25, 0.3) is 0 Å². The second-order valence-electron chi connectivity index (χ2n) is 6.09. The lowest BCUT2D eigenvalue weighted by atomic mass is 10.0. The van der Waals surface area contributed by atoms with Crippen LogP contribution in [0.2, 0.25) is 0 Å². The Morgan fingerprint density at radius 1 is 1.17 bits per heavy atom. The number of aromatic nitrogens is 3. The molecule has 6 heteroatoms. The van der Waals surface area contributed by atoms with Crippen LogP contribution in [0.1, 0.15) is 12.8 Å². The summed E-state index contributed by atoms with van der Waals surface area (Å²) in [5, 5.41) is 6.49. The van der Waals surface area contributed by atoms with E-state index >= 15 is 0 Å². The van der Waals surface area contributed by atoms with Crippen LogP contribution in [0.25, 0.3) is 21.9 Å². The van der Waals surface area contributed by atoms with Gasteiger partial charge in [0.15, 0.2) is 0 Å². The van der Waals surface area contributed by atoms with Crippen molar-refractivity contribution in [3.63, 3.8) is 0 Å². The molecule has 2 aromatic heterocycles. The molecule has 0 saturated carbocycles. The number of aryl methyl sites for hydroxylation is 1. The van der Waals surface area contributed by atoms with Crippen molar-refractivity contribution in [2.75, 3.05) is 18.9 Å². The van der Waals surface area contributed by atoms with E-state index in [0.717, 1.165) is 53.8 Å². The van der Waals surface area contributed by atoms with E-state index in [1.165, 1.54) is 0 Å². The van der Waals surface area contributed by atoms with Gasteiger partial charge in [0.2, 0.25) is 5.88 Å². The van der Waals surface area contributed by atoms with Crippen LogP contribution in [-0.4, -0.2) is 34.1 Å². The van der Waals surface area contributed by atoms with Gasteiger partial charge >= 0.3 is 0 Å². The molecule has 1 aliphatic heterocycles. The molecule has 1 aliphatic rings. The maximum absolute atomic E-state index is 6.23. The molecule has 0 spiro atoms. The Hall–Kier alpha value is -2.60. The Morgan fingerprint density at radius 3 is 2.83 bits per heavy atom. The average Bonchev–Trinajstić information content (AvgIpc) is 2.96. The van der Waals surface area contributed by atoms with Crippen LogP contribution in [0.4, 0.5) is 5.82 Å². The molecule has 3 heterocycles. The van der Waals surface area contributed by atoms with Crippen LogP contribution in [0.3, 0.4) is 0 Å². The van der Waals surface area contributed by atoms with Gasteiger partial charge in [0, 0.05) is 31.5 Å². The van der Waals surface area contributed by atoms with Crippen molar-refractivity contribution in [1.82, 2.24) is 14.8 Å². The highest BCUT2D eigenvalue weighted by Gasteiger charge is 2.20. The molecule has 1 saturated heterocycles. The lowest BCUT2D eigenvalue weighted by Gasteiger charge is -2.23. The van der Waals surface area contributed by atoms with Gasteiger partial charge in [-0.3, -0.25) is 0 Å². The van der Waals surface area contributed by atoms with Gasteiger partial charge in [-0.15, -0.1) is 0 Å². The number of fused-ring (bicyclic) bond motifs is 1. The van der Waals surface area contributed by atoms with Crippen molar-refractivity contribution in [2.45, 2.75) is 18.9 Å². The highest BCUT2D eigenvalue weighted by molar-refractivity contribution is 5.88. The number of hydrogen-bond donors (Lipinski definition) is 1. The third-order valence-corrected chi connectivity index (χ3v) is 4.38. The van der Waals surface area contributed by atoms with Gasteiger partial charge in [0.05, 0.1) is 25.0 Å². The maximum atomic E-state index is 6.23. The van der Waals surface area contributed by atoms with E-state index < -0.39 is 0 Å². The minimum atomic E-state index is 0.174. The van der Waals surface area contributed by atoms with Crippen LogP contribution >= 0.6 is 0 Å². The summed E-state index contributed by atoms with van der Waals surface area (Å²) >= 11 is 0. The summed E-state index contributed by atoms with van der Waals surface area (Å²) in [6.45, 7) is 1.50. The smallest absolute Gasteiger partial charge is 0.219 e. The normalized spacial score (nSPS) is 15.7. The highest BCUT2D eigenvalue weighted by Crippen LogP contribution is 2.33. The first kappa shape index (κ1) is 15.0. The Kier molecular flexibility index (Phi) is 3.82. The molecule has 3 aromatic rings. The summed E-state index contributed by atoms with van der Waals surface area (Å²) < 4.78 is 13.4. The predicted molar refractivity (Wildman–Crippen MR) is 92.8 cm³/mol.